The first-order valence-corrected chi connectivity index (χ1v) is 5.79. The van der Waals surface area contributed by atoms with Gasteiger partial charge in [0.15, 0.2) is 0 Å². The summed E-state index contributed by atoms with van der Waals surface area (Å²) in [5, 5.41) is 3.95. The monoisotopic (exact) mass is 246 g/mol. The Morgan fingerprint density at radius 1 is 1.44 bits per heavy atom. The summed E-state index contributed by atoms with van der Waals surface area (Å²) >= 11 is 0. The van der Waals surface area contributed by atoms with Crippen molar-refractivity contribution in [1.29, 1.82) is 0 Å². The Bertz CT molecular complexity index is 542. The average molecular weight is 246 g/mol. The van der Waals surface area contributed by atoms with Crippen LogP contribution in [0, 0.1) is 0 Å². The fraction of sp³-hybridized carbons (Fsp3) is 0.417. The lowest BCUT2D eigenvalue weighted by Crippen LogP contribution is -2.42. The summed E-state index contributed by atoms with van der Waals surface area (Å²) < 4.78 is 10.7. The maximum atomic E-state index is 6.02. The van der Waals surface area contributed by atoms with Crippen molar-refractivity contribution < 1.29 is 9.26 Å². The van der Waals surface area contributed by atoms with Crippen LogP contribution in [0.3, 0.4) is 0 Å². The fourth-order valence-corrected chi connectivity index (χ4v) is 1.96. The van der Waals surface area contributed by atoms with Crippen molar-refractivity contribution in [2.45, 2.75) is 18.4 Å². The number of pyridine rings is 1. The molecular weight excluding hydrogens is 232 g/mol. The molecule has 0 aliphatic carbocycles. The minimum absolute atomic E-state index is 0.130. The van der Waals surface area contributed by atoms with E-state index in [9.17, 15) is 0 Å². The predicted molar refractivity (Wildman–Crippen MR) is 63.7 cm³/mol. The summed E-state index contributed by atoms with van der Waals surface area (Å²) in [6.07, 6.45) is 1.69. The smallest absolute Gasteiger partial charge is 0.236 e. The molecule has 6 nitrogen and oxygen atoms in total. The molecule has 1 aliphatic heterocycles. The summed E-state index contributed by atoms with van der Waals surface area (Å²) in [5.74, 6) is 0.985. The van der Waals surface area contributed by atoms with Crippen LogP contribution in [0.1, 0.15) is 12.8 Å². The lowest BCUT2D eigenvalue weighted by Gasteiger charge is -2.21. The van der Waals surface area contributed by atoms with E-state index in [0.29, 0.717) is 30.6 Å². The number of rotatable bonds is 2. The van der Waals surface area contributed by atoms with Gasteiger partial charge in [0.2, 0.25) is 11.7 Å². The summed E-state index contributed by atoms with van der Waals surface area (Å²) in [7, 11) is 0. The molecule has 2 aromatic heterocycles. The number of ether oxygens (including phenoxy) is 1. The van der Waals surface area contributed by atoms with Crippen molar-refractivity contribution in [2.75, 3.05) is 13.2 Å². The Balaban J connectivity index is 1.95. The van der Waals surface area contributed by atoms with Crippen molar-refractivity contribution in [3.63, 3.8) is 0 Å². The van der Waals surface area contributed by atoms with Gasteiger partial charge in [-0.1, -0.05) is 11.2 Å². The molecule has 2 aromatic rings. The fourth-order valence-electron chi connectivity index (χ4n) is 1.96. The largest absolute Gasteiger partial charge is 0.379 e. The topological polar surface area (TPSA) is 87.1 Å². The lowest BCUT2D eigenvalue weighted by atomic mass is 9.86. The van der Waals surface area contributed by atoms with Crippen LogP contribution in [0.15, 0.2) is 28.9 Å². The predicted octanol–water partition coefficient (Wildman–Crippen LogP) is 0.747. The van der Waals surface area contributed by atoms with Gasteiger partial charge in [-0.25, -0.2) is 0 Å². The number of hydrogen-bond donors (Lipinski definition) is 1. The van der Waals surface area contributed by atoms with Crippen molar-refractivity contribution >= 4 is 0 Å². The zero-order valence-electron chi connectivity index (χ0n) is 10.0. The molecule has 0 aromatic carbocycles. The van der Waals surface area contributed by atoms with Crippen LogP contribution in [0.5, 0.6) is 0 Å². The Labute approximate surface area is 104 Å². The first-order valence-electron chi connectivity index (χ1n) is 5.79. The van der Waals surface area contributed by atoms with Gasteiger partial charge in [-0.3, -0.25) is 4.98 Å². The van der Waals surface area contributed by atoms with E-state index in [4.69, 9.17) is 15.0 Å². The summed E-state index contributed by atoms with van der Waals surface area (Å²) in [6, 6.07) is 5.42. The number of nitrogens with zero attached hydrogens (tertiary/aromatic N) is 3. The van der Waals surface area contributed by atoms with E-state index in [1.807, 2.05) is 25.1 Å². The SMILES string of the molecule is CC1(c2nc(-c3ccccn3)no2)COCC1N. The standard InChI is InChI=1S/C12H14N4O2/c1-12(7-17-6-9(12)13)11-15-10(16-18-11)8-4-2-3-5-14-8/h2-5,9H,6-7,13H2,1H3. The molecule has 6 heteroatoms. The second-order valence-corrected chi connectivity index (χ2v) is 4.68. The van der Waals surface area contributed by atoms with Crippen LogP contribution in [0.2, 0.25) is 0 Å². The Hall–Kier alpha value is -1.79. The van der Waals surface area contributed by atoms with E-state index in [1.54, 1.807) is 6.20 Å². The maximum absolute atomic E-state index is 6.02. The highest BCUT2D eigenvalue weighted by atomic mass is 16.5. The van der Waals surface area contributed by atoms with E-state index in [0.717, 1.165) is 0 Å². The molecule has 0 spiro atoms. The highest BCUT2D eigenvalue weighted by molar-refractivity contribution is 5.47. The first kappa shape index (κ1) is 11.3. The van der Waals surface area contributed by atoms with Crippen LogP contribution >= 0.6 is 0 Å². The van der Waals surface area contributed by atoms with Gasteiger partial charge in [0.25, 0.3) is 0 Å². The molecule has 3 heterocycles. The van der Waals surface area contributed by atoms with Crippen molar-refractivity contribution in [3.8, 4) is 11.5 Å². The van der Waals surface area contributed by atoms with Gasteiger partial charge in [0.1, 0.15) is 5.69 Å². The second kappa shape index (κ2) is 4.15. The van der Waals surface area contributed by atoms with Gasteiger partial charge < -0.3 is 15.0 Å². The zero-order valence-corrected chi connectivity index (χ0v) is 10.0. The Kier molecular flexibility index (Phi) is 2.61. The summed E-state index contributed by atoms with van der Waals surface area (Å²) in [5.41, 5.74) is 6.29. The normalized spacial score (nSPS) is 27.6. The van der Waals surface area contributed by atoms with Gasteiger partial charge in [-0.15, -0.1) is 0 Å². The minimum atomic E-state index is -0.417. The average Bonchev–Trinajstić information content (AvgIpc) is 3.00. The van der Waals surface area contributed by atoms with Gasteiger partial charge in [-0.05, 0) is 19.1 Å². The zero-order chi connectivity index (χ0) is 12.6. The number of aromatic nitrogens is 3. The molecule has 0 saturated carbocycles. The molecule has 0 radical (unpaired) electrons. The Morgan fingerprint density at radius 2 is 2.33 bits per heavy atom. The summed E-state index contributed by atoms with van der Waals surface area (Å²) in [6.45, 7) is 2.98. The van der Waals surface area contributed by atoms with Crippen molar-refractivity contribution in [3.05, 3.63) is 30.3 Å². The van der Waals surface area contributed by atoms with Crippen LogP contribution < -0.4 is 5.73 Å². The highest BCUT2D eigenvalue weighted by Gasteiger charge is 2.44. The molecule has 2 unspecified atom stereocenters. The van der Waals surface area contributed by atoms with Crippen LogP contribution in [-0.2, 0) is 10.2 Å². The van der Waals surface area contributed by atoms with Crippen molar-refractivity contribution in [2.24, 2.45) is 5.73 Å². The van der Waals surface area contributed by atoms with Crippen LogP contribution in [0.4, 0.5) is 0 Å². The molecule has 0 bridgehead atoms. The molecule has 3 rings (SSSR count). The molecule has 18 heavy (non-hydrogen) atoms. The second-order valence-electron chi connectivity index (χ2n) is 4.68. The van der Waals surface area contributed by atoms with Gasteiger partial charge >= 0.3 is 0 Å². The third-order valence-electron chi connectivity index (χ3n) is 3.33. The molecular formula is C12H14N4O2. The Morgan fingerprint density at radius 3 is 3.00 bits per heavy atom. The third kappa shape index (κ3) is 1.70. The number of hydrogen-bond acceptors (Lipinski definition) is 6. The minimum Gasteiger partial charge on any atom is -0.379 e. The molecule has 2 N–H and O–H groups in total. The maximum Gasteiger partial charge on any atom is 0.236 e. The molecule has 1 aliphatic rings. The van der Waals surface area contributed by atoms with E-state index >= 15 is 0 Å². The quantitative estimate of drug-likeness (QED) is 0.841. The molecule has 2 atom stereocenters. The highest BCUT2D eigenvalue weighted by Crippen LogP contribution is 2.31. The van der Waals surface area contributed by atoms with E-state index in [2.05, 4.69) is 15.1 Å². The lowest BCUT2D eigenvalue weighted by molar-refractivity contribution is 0.169. The number of nitrogens with two attached hydrogens (primary N) is 1. The third-order valence-corrected chi connectivity index (χ3v) is 3.33. The van der Waals surface area contributed by atoms with Crippen LogP contribution in [0.25, 0.3) is 11.5 Å². The van der Waals surface area contributed by atoms with Crippen LogP contribution in [-0.4, -0.2) is 34.4 Å². The van der Waals surface area contributed by atoms with Gasteiger partial charge in [0, 0.05) is 12.2 Å². The van der Waals surface area contributed by atoms with Gasteiger partial charge in [0.05, 0.1) is 18.6 Å². The molecule has 1 fully saturated rings. The van der Waals surface area contributed by atoms with E-state index in [-0.39, 0.29) is 6.04 Å². The molecule has 94 valence electrons. The first-order chi connectivity index (χ1) is 8.70. The molecule has 1 saturated heterocycles. The van der Waals surface area contributed by atoms with E-state index < -0.39 is 5.41 Å². The van der Waals surface area contributed by atoms with E-state index in [1.165, 1.54) is 0 Å². The molecule has 0 amide bonds. The van der Waals surface area contributed by atoms with Gasteiger partial charge in [-0.2, -0.15) is 4.98 Å². The summed E-state index contributed by atoms with van der Waals surface area (Å²) in [4.78, 5) is 8.57. The van der Waals surface area contributed by atoms with Crippen molar-refractivity contribution in [1.82, 2.24) is 15.1 Å².